The second-order valence-corrected chi connectivity index (χ2v) is 7.17. The number of ether oxygens (including phenoxy) is 1. The Morgan fingerprint density at radius 3 is 3.04 bits per heavy atom. The van der Waals surface area contributed by atoms with E-state index in [1.807, 2.05) is 32.0 Å². The molecule has 1 aliphatic rings. The van der Waals surface area contributed by atoms with Crippen LogP contribution in [0.4, 0.5) is 5.69 Å². The van der Waals surface area contributed by atoms with Crippen LogP contribution in [0.25, 0.3) is 10.2 Å². The minimum atomic E-state index is -0.139. The number of amides is 1. The summed E-state index contributed by atoms with van der Waals surface area (Å²) in [5.41, 5.74) is 2.84. The van der Waals surface area contributed by atoms with Gasteiger partial charge in [-0.05, 0) is 37.6 Å². The molecule has 25 heavy (non-hydrogen) atoms. The van der Waals surface area contributed by atoms with Crippen molar-refractivity contribution in [2.24, 2.45) is 0 Å². The SMILES string of the molecule is COCc1cc(C)nc2sc3c(c12)N[C@H](C)N(Cc1ccco1)C3=O. The fourth-order valence-electron chi connectivity index (χ4n) is 3.24. The second-order valence-electron chi connectivity index (χ2n) is 6.17. The van der Waals surface area contributed by atoms with Crippen LogP contribution in [0.3, 0.4) is 0 Å². The molecule has 0 spiro atoms. The molecule has 0 fully saturated rings. The van der Waals surface area contributed by atoms with Gasteiger partial charge in [0.2, 0.25) is 0 Å². The number of anilines is 1. The Labute approximate surface area is 149 Å². The first-order valence-corrected chi connectivity index (χ1v) is 8.92. The van der Waals surface area contributed by atoms with Crippen molar-refractivity contribution < 1.29 is 13.9 Å². The Morgan fingerprint density at radius 1 is 1.48 bits per heavy atom. The van der Waals surface area contributed by atoms with Gasteiger partial charge in [-0.25, -0.2) is 4.98 Å². The van der Waals surface area contributed by atoms with E-state index in [1.165, 1.54) is 11.3 Å². The zero-order valence-electron chi connectivity index (χ0n) is 14.3. The van der Waals surface area contributed by atoms with Gasteiger partial charge in [0.25, 0.3) is 5.91 Å². The number of aromatic nitrogens is 1. The summed E-state index contributed by atoms with van der Waals surface area (Å²) in [6.07, 6.45) is 1.48. The van der Waals surface area contributed by atoms with E-state index >= 15 is 0 Å². The number of fused-ring (bicyclic) bond motifs is 3. The van der Waals surface area contributed by atoms with E-state index in [0.29, 0.717) is 18.0 Å². The molecule has 4 heterocycles. The number of carbonyl (C=O) groups is 1. The number of pyridine rings is 1. The second kappa shape index (κ2) is 6.16. The summed E-state index contributed by atoms with van der Waals surface area (Å²) in [7, 11) is 1.67. The van der Waals surface area contributed by atoms with Crippen molar-refractivity contribution in [3.8, 4) is 0 Å². The molecule has 1 N–H and O–H groups in total. The molecular formula is C18H19N3O3S. The quantitative estimate of drug-likeness (QED) is 0.770. The number of nitrogens with zero attached hydrogens (tertiary/aromatic N) is 2. The average molecular weight is 357 g/mol. The maximum atomic E-state index is 13.1. The van der Waals surface area contributed by atoms with Gasteiger partial charge >= 0.3 is 0 Å². The molecule has 1 amide bonds. The van der Waals surface area contributed by atoms with E-state index in [9.17, 15) is 4.79 Å². The number of hydrogen-bond acceptors (Lipinski definition) is 6. The van der Waals surface area contributed by atoms with Gasteiger partial charge in [-0.15, -0.1) is 11.3 Å². The van der Waals surface area contributed by atoms with E-state index < -0.39 is 0 Å². The molecule has 4 rings (SSSR count). The predicted octanol–water partition coefficient (Wildman–Crippen LogP) is 3.76. The van der Waals surface area contributed by atoms with Crippen LogP contribution in [0.15, 0.2) is 28.9 Å². The Kier molecular flexibility index (Phi) is 3.97. The summed E-state index contributed by atoms with van der Waals surface area (Å²) in [5, 5.41) is 4.46. The largest absolute Gasteiger partial charge is 0.467 e. The fraction of sp³-hybridized carbons (Fsp3) is 0.333. The molecule has 1 aliphatic heterocycles. The van der Waals surface area contributed by atoms with Crippen molar-refractivity contribution in [1.29, 1.82) is 0 Å². The van der Waals surface area contributed by atoms with E-state index in [2.05, 4.69) is 10.3 Å². The average Bonchev–Trinajstić information content (AvgIpc) is 3.19. The predicted molar refractivity (Wildman–Crippen MR) is 96.7 cm³/mol. The van der Waals surface area contributed by atoms with Crippen LogP contribution in [-0.4, -0.2) is 29.1 Å². The lowest BCUT2D eigenvalue weighted by molar-refractivity contribution is 0.0674. The van der Waals surface area contributed by atoms with Gasteiger partial charge in [0.15, 0.2) is 0 Å². The van der Waals surface area contributed by atoms with Crippen molar-refractivity contribution in [1.82, 2.24) is 9.88 Å². The highest BCUT2D eigenvalue weighted by molar-refractivity contribution is 7.21. The number of carbonyl (C=O) groups excluding carboxylic acids is 1. The smallest absolute Gasteiger partial charge is 0.268 e. The first-order chi connectivity index (χ1) is 12.1. The number of thiophene rings is 1. The van der Waals surface area contributed by atoms with Gasteiger partial charge < -0.3 is 19.4 Å². The number of methoxy groups -OCH3 is 1. The number of hydrogen-bond donors (Lipinski definition) is 1. The monoisotopic (exact) mass is 357 g/mol. The number of rotatable bonds is 4. The molecule has 0 bridgehead atoms. The molecule has 0 saturated carbocycles. The van der Waals surface area contributed by atoms with E-state index in [-0.39, 0.29) is 12.1 Å². The molecule has 0 aliphatic carbocycles. The Bertz CT molecular complexity index is 933. The zero-order valence-corrected chi connectivity index (χ0v) is 15.1. The standard InChI is InChI=1S/C18H19N3O3S/c1-10-7-12(9-23-3)14-15-16(25-17(14)19-10)18(22)21(11(2)20-15)8-13-5-4-6-24-13/h4-7,11,20H,8-9H2,1-3H3/t11-/m0/s1. The third-order valence-electron chi connectivity index (χ3n) is 4.35. The minimum Gasteiger partial charge on any atom is -0.467 e. The highest BCUT2D eigenvalue weighted by Crippen LogP contribution is 2.41. The normalized spacial score (nSPS) is 17.0. The van der Waals surface area contributed by atoms with Gasteiger partial charge in [0.1, 0.15) is 15.5 Å². The van der Waals surface area contributed by atoms with E-state index in [0.717, 1.165) is 32.9 Å². The first kappa shape index (κ1) is 16.1. The number of furan rings is 1. The van der Waals surface area contributed by atoms with Crippen molar-refractivity contribution >= 4 is 33.1 Å². The summed E-state index contributed by atoms with van der Waals surface area (Å²) in [6.45, 7) is 4.86. The third-order valence-corrected chi connectivity index (χ3v) is 5.43. The molecule has 6 nitrogen and oxygen atoms in total. The van der Waals surface area contributed by atoms with Crippen LogP contribution in [0.2, 0.25) is 0 Å². The van der Waals surface area contributed by atoms with Gasteiger partial charge in [0.05, 0.1) is 31.3 Å². The summed E-state index contributed by atoms with van der Waals surface area (Å²) < 4.78 is 10.7. The molecule has 0 aromatic carbocycles. The lowest BCUT2D eigenvalue weighted by Gasteiger charge is -2.34. The van der Waals surface area contributed by atoms with Crippen molar-refractivity contribution in [2.45, 2.75) is 33.2 Å². The minimum absolute atomic E-state index is 0.00155. The molecule has 7 heteroatoms. The summed E-state index contributed by atoms with van der Waals surface area (Å²) >= 11 is 1.43. The van der Waals surface area contributed by atoms with Gasteiger partial charge in [0, 0.05) is 18.2 Å². The molecular weight excluding hydrogens is 338 g/mol. The Hall–Kier alpha value is -2.38. The number of aryl methyl sites for hydroxylation is 1. The highest BCUT2D eigenvalue weighted by atomic mass is 32.1. The summed E-state index contributed by atoms with van der Waals surface area (Å²) in [4.78, 5) is 21.0. The maximum Gasteiger partial charge on any atom is 0.268 e. The van der Waals surface area contributed by atoms with Crippen LogP contribution in [0.1, 0.15) is 33.6 Å². The Balaban J connectivity index is 1.80. The molecule has 1 atom stereocenters. The molecule has 0 unspecified atom stereocenters. The Morgan fingerprint density at radius 2 is 2.32 bits per heavy atom. The number of nitrogens with one attached hydrogen (secondary N) is 1. The van der Waals surface area contributed by atoms with Crippen LogP contribution in [0, 0.1) is 6.92 Å². The maximum absolute atomic E-state index is 13.1. The third kappa shape index (κ3) is 2.69. The van der Waals surface area contributed by atoms with E-state index in [1.54, 1.807) is 18.3 Å². The lowest BCUT2D eigenvalue weighted by Crippen LogP contribution is -2.45. The molecule has 0 radical (unpaired) electrons. The van der Waals surface area contributed by atoms with E-state index in [4.69, 9.17) is 9.15 Å². The first-order valence-electron chi connectivity index (χ1n) is 8.10. The van der Waals surface area contributed by atoms with Crippen LogP contribution in [0.5, 0.6) is 0 Å². The van der Waals surface area contributed by atoms with Crippen molar-refractivity contribution in [3.05, 3.63) is 46.4 Å². The van der Waals surface area contributed by atoms with Crippen LogP contribution >= 0.6 is 11.3 Å². The van der Waals surface area contributed by atoms with Gasteiger partial charge in [-0.3, -0.25) is 4.79 Å². The summed E-state index contributed by atoms with van der Waals surface area (Å²) in [6, 6.07) is 5.73. The molecule has 0 saturated heterocycles. The zero-order chi connectivity index (χ0) is 17.6. The fourth-order valence-corrected chi connectivity index (χ4v) is 4.43. The van der Waals surface area contributed by atoms with Crippen molar-refractivity contribution in [2.75, 3.05) is 12.4 Å². The van der Waals surface area contributed by atoms with Crippen LogP contribution in [-0.2, 0) is 17.9 Å². The summed E-state index contributed by atoms with van der Waals surface area (Å²) in [5.74, 6) is 0.766. The lowest BCUT2D eigenvalue weighted by atomic mass is 10.1. The molecule has 130 valence electrons. The van der Waals surface area contributed by atoms with Gasteiger partial charge in [-0.1, -0.05) is 0 Å². The molecule has 3 aromatic heterocycles. The topological polar surface area (TPSA) is 67.6 Å². The van der Waals surface area contributed by atoms with Crippen LogP contribution < -0.4 is 5.32 Å². The molecule has 3 aromatic rings. The highest BCUT2D eigenvalue weighted by Gasteiger charge is 2.34. The van der Waals surface area contributed by atoms with Crippen molar-refractivity contribution in [3.63, 3.8) is 0 Å². The van der Waals surface area contributed by atoms with Gasteiger partial charge in [-0.2, -0.15) is 0 Å².